The van der Waals surface area contributed by atoms with Crippen LogP contribution in [0.2, 0.25) is 0 Å². The molecule has 2 bridgehead atoms. The van der Waals surface area contributed by atoms with Crippen LogP contribution < -0.4 is 10.6 Å². The average Bonchev–Trinajstić information content (AvgIpc) is 2.58. The summed E-state index contributed by atoms with van der Waals surface area (Å²) in [6.07, 6.45) is -1.15. The van der Waals surface area contributed by atoms with E-state index >= 15 is 0 Å². The van der Waals surface area contributed by atoms with E-state index in [1.54, 1.807) is 0 Å². The summed E-state index contributed by atoms with van der Waals surface area (Å²) in [6, 6.07) is 7.52. The Morgan fingerprint density at radius 3 is 2.39 bits per heavy atom. The number of hydrogen-bond acceptors (Lipinski definition) is 3. The molecule has 0 saturated heterocycles. The maximum absolute atomic E-state index is 13.0. The van der Waals surface area contributed by atoms with Crippen molar-refractivity contribution >= 4 is 17.4 Å². The minimum absolute atomic E-state index is 0.142. The fourth-order valence-electron chi connectivity index (χ4n) is 4.47. The molecule has 0 aliphatic heterocycles. The molecule has 3 aliphatic rings. The van der Waals surface area contributed by atoms with Crippen LogP contribution >= 0.6 is 0 Å². The van der Waals surface area contributed by atoms with Gasteiger partial charge in [0, 0.05) is 23.3 Å². The first-order valence-electron chi connectivity index (χ1n) is 8.99. The van der Waals surface area contributed by atoms with Gasteiger partial charge >= 0.3 is 6.18 Å². The summed E-state index contributed by atoms with van der Waals surface area (Å²) in [5, 5.41) is 5.91. The van der Waals surface area contributed by atoms with Crippen LogP contribution in [0.4, 0.5) is 29.1 Å². The predicted molar refractivity (Wildman–Crippen MR) is 96.1 cm³/mol. The highest BCUT2D eigenvalue weighted by Crippen LogP contribution is 2.71. The van der Waals surface area contributed by atoms with Gasteiger partial charge in [-0.25, -0.2) is 9.37 Å². The Balaban J connectivity index is 1.36. The largest absolute Gasteiger partial charge is 0.416 e. The molecule has 5 rings (SSSR count). The molecule has 3 saturated carbocycles. The third-order valence-corrected chi connectivity index (χ3v) is 5.98. The maximum Gasteiger partial charge on any atom is 0.416 e. The third kappa shape index (κ3) is 3.21. The van der Waals surface area contributed by atoms with Crippen molar-refractivity contribution in [2.45, 2.75) is 37.9 Å². The number of halogens is 4. The van der Waals surface area contributed by atoms with Crippen molar-refractivity contribution in [3.63, 3.8) is 0 Å². The zero-order valence-corrected chi connectivity index (χ0v) is 15.1. The van der Waals surface area contributed by atoms with Gasteiger partial charge in [0.05, 0.1) is 5.56 Å². The van der Waals surface area contributed by atoms with Crippen molar-refractivity contribution in [1.29, 1.82) is 0 Å². The number of nitrogens with zero attached hydrogens (tertiary/aromatic N) is 1. The molecule has 28 heavy (non-hydrogen) atoms. The van der Waals surface area contributed by atoms with Gasteiger partial charge in [-0.3, -0.25) is 4.79 Å². The highest BCUT2D eigenvalue weighted by atomic mass is 19.4. The van der Waals surface area contributed by atoms with Gasteiger partial charge < -0.3 is 10.6 Å². The monoisotopic (exact) mass is 393 g/mol. The highest BCUT2D eigenvalue weighted by Gasteiger charge is 2.70. The number of hydrogen-bond donors (Lipinski definition) is 2. The fourth-order valence-corrected chi connectivity index (χ4v) is 4.47. The van der Waals surface area contributed by atoms with Crippen LogP contribution in [0.1, 0.15) is 31.7 Å². The molecule has 0 radical (unpaired) electrons. The van der Waals surface area contributed by atoms with Gasteiger partial charge in [0.1, 0.15) is 11.6 Å². The smallest absolute Gasteiger partial charge is 0.365 e. The molecule has 1 unspecified atom stereocenters. The summed E-state index contributed by atoms with van der Waals surface area (Å²) in [6.45, 7) is 1.85. The van der Waals surface area contributed by atoms with E-state index in [2.05, 4.69) is 15.6 Å². The SMILES string of the molecule is CC(C(=O)Nc1ccc(F)cc1)C12CC(Nc3cc(C(F)(F)F)ccn3)(C1)C2. The van der Waals surface area contributed by atoms with E-state index in [0.717, 1.165) is 18.3 Å². The second-order valence-corrected chi connectivity index (χ2v) is 7.94. The van der Waals surface area contributed by atoms with E-state index < -0.39 is 11.7 Å². The van der Waals surface area contributed by atoms with Gasteiger partial charge in [-0.15, -0.1) is 0 Å². The average molecular weight is 393 g/mol. The summed E-state index contributed by atoms with van der Waals surface area (Å²) >= 11 is 0. The molecule has 3 fully saturated rings. The maximum atomic E-state index is 13.0. The normalized spacial score (nSPS) is 26.6. The summed E-state index contributed by atoms with van der Waals surface area (Å²) in [5.41, 5.74) is -0.648. The van der Waals surface area contributed by atoms with E-state index in [-0.39, 0.29) is 34.4 Å². The molecule has 2 aromatic rings. The summed E-state index contributed by atoms with van der Waals surface area (Å²) in [7, 11) is 0. The molecule has 3 aliphatic carbocycles. The number of aromatic nitrogens is 1. The van der Waals surface area contributed by atoms with Crippen molar-refractivity contribution in [2.24, 2.45) is 11.3 Å². The van der Waals surface area contributed by atoms with Gasteiger partial charge in [-0.1, -0.05) is 6.92 Å². The third-order valence-electron chi connectivity index (χ3n) is 5.98. The number of nitrogens with one attached hydrogen (secondary N) is 2. The van der Waals surface area contributed by atoms with Crippen LogP contribution in [0.15, 0.2) is 42.6 Å². The molecule has 2 N–H and O–H groups in total. The van der Waals surface area contributed by atoms with Gasteiger partial charge in [-0.2, -0.15) is 13.2 Å². The van der Waals surface area contributed by atoms with Crippen molar-refractivity contribution in [2.75, 3.05) is 10.6 Å². The minimum Gasteiger partial charge on any atom is -0.365 e. The molecule has 0 spiro atoms. The van der Waals surface area contributed by atoms with Gasteiger partial charge in [0.2, 0.25) is 5.91 Å². The topological polar surface area (TPSA) is 54.0 Å². The van der Waals surface area contributed by atoms with E-state index in [1.165, 1.54) is 24.3 Å². The Hall–Kier alpha value is -2.64. The number of anilines is 2. The molecular weight excluding hydrogens is 374 g/mol. The van der Waals surface area contributed by atoms with Gasteiger partial charge in [0.15, 0.2) is 0 Å². The Kier molecular flexibility index (Phi) is 4.13. The van der Waals surface area contributed by atoms with Crippen LogP contribution in [0.5, 0.6) is 0 Å². The lowest BCUT2D eigenvalue weighted by atomic mass is 9.36. The van der Waals surface area contributed by atoms with Crippen molar-refractivity contribution in [3.8, 4) is 0 Å². The summed E-state index contributed by atoms with van der Waals surface area (Å²) in [5.74, 6) is -0.568. The minimum atomic E-state index is -4.41. The Labute approximate surface area is 159 Å². The van der Waals surface area contributed by atoms with E-state index in [1.807, 2.05) is 6.92 Å². The van der Waals surface area contributed by atoms with E-state index in [4.69, 9.17) is 0 Å². The fraction of sp³-hybridized carbons (Fsp3) is 0.400. The first-order chi connectivity index (χ1) is 13.1. The lowest BCUT2D eigenvalue weighted by molar-refractivity contribution is -0.166. The number of carbonyl (C=O) groups excluding carboxylic acids is 1. The summed E-state index contributed by atoms with van der Waals surface area (Å²) in [4.78, 5) is 16.5. The van der Waals surface area contributed by atoms with Crippen molar-refractivity contribution < 1.29 is 22.4 Å². The molecule has 1 heterocycles. The molecule has 8 heteroatoms. The molecule has 1 atom stereocenters. The Morgan fingerprint density at radius 1 is 1.14 bits per heavy atom. The molecule has 1 aromatic heterocycles. The highest BCUT2D eigenvalue weighted by molar-refractivity contribution is 5.93. The number of benzene rings is 1. The molecular formula is C20H19F4N3O. The standard InChI is InChI=1S/C20H19F4N3O/c1-12(17(28)26-15-4-2-14(21)3-5-15)18-9-19(10-18,11-18)27-16-8-13(6-7-25-16)20(22,23)24/h2-8,12H,9-11H2,1H3,(H,25,27)(H,26,28). The van der Waals surface area contributed by atoms with E-state index in [9.17, 15) is 22.4 Å². The van der Waals surface area contributed by atoms with E-state index in [0.29, 0.717) is 24.9 Å². The second-order valence-electron chi connectivity index (χ2n) is 7.94. The van der Waals surface area contributed by atoms with Crippen LogP contribution in [-0.4, -0.2) is 16.4 Å². The zero-order chi connectivity index (χ0) is 20.2. The van der Waals surface area contributed by atoms with Gasteiger partial charge in [0.25, 0.3) is 0 Å². The van der Waals surface area contributed by atoms with Crippen LogP contribution in [-0.2, 0) is 11.0 Å². The first-order valence-corrected chi connectivity index (χ1v) is 8.99. The molecule has 1 amide bonds. The lowest BCUT2D eigenvalue weighted by Gasteiger charge is -2.72. The summed E-state index contributed by atoms with van der Waals surface area (Å²) < 4.78 is 51.5. The predicted octanol–water partition coefficient (Wildman–Crippen LogP) is 4.85. The number of amides is 1. The Morgan fingerprint density at radius 2 is 1.79 bits per heavy atom. The molecule has 4 nitrogen and oxygen atoms in total. The van der Waals surface area contributed by atoms with Crippen LogP contribution in [0, 0.1) is 17.2 Å². The Bertz CT molecular complexity index is 891. The van der Waals surface area contributed by atoms with Crippen LogP contribution in [0.25, 0.3) is 0 Å². The van der Waals surface area contributed by atoms with Crippen molar-refractivity contribution in [1.82, 2.24) is 4.98 Å². The number of carbonyl (C=O) groups is 1. The number of pyridine rings is 1. The second kappa shape index (κ2) is 6.18. The van der Waals surface area contributed by atoms with Crippen molar-refractivity contribution in [3.05, 3.63) is 54.0 Å². The first kappa shape index (κ1) is 18.7. The quantitative estimate of drug-likeness (QED) is 0.714. The number of rotatable bonds is 5. The molecule has 1 aromatic carbocycles. The van der Waals surface area contributed by atoms with Gasteiger partial charge in [-0.05, 0) is 61.1 Å². The lowest BCUT2D eigenvalue weighted by Crippen LogP contribution is -2.74. The molecule has 148 valence electrons. The number of alkyl halides is 3. The zero-order valence-electron chi connectivity index (χ0n) is 15.1. The van der Waals surface area contributed by atoms with Crippen LogP contribution in [0.3, 0.4) is 0 Å².